The molecule has 2 fully saturated rings. The SMILES string of the molecule is C#CC(=O)N1CCN(c2ccc(-c3cc(OCCCN4CCOCC4)cn4ncc(C#N)c34)cn2)CC1. The number of hydrogen-bond acceptors (Lipinski definition) is 8. The number of amides is 1. The number of pyridine rings is 2. The number of carbonyl (C=O) groups excluding carboxylic acids is 1. The molecule has 3 aromatic rings. The van der Waals surface area contributed by atoms with Gasteiger partial charge in [0, 0.05) is 63.1 Å². The normalized spacial score (nSPS) is 16.4. The lowest BCUT2D eigenvalue weighted by molar-refractivity contribution is -0.125. The molecular weight excluding hydrogens is 470 g/mol. The third-order valence-corrected chi connectivity index (χ3v) is 6.77. The standard InChI is InChI=1S/C27H29N7O3/c1-2-26(35)33-9-7-32(8-10-33)25-5-4-21(18-29-25)24-16-23(20-34-27(24)22(17-28)19-30-34)37-13-3-6-31-11-14-36-15-12-31/h1,4-5,16,18-20H,3,6-15H2. The molecule has 37 heavy (non-hydrogen) atoms. The van der Waals surface area contributed by atoms with Crippen molar-refractivity contribution in [2.75, 3.05) is 70.5 Å². The molecule has 1 amide bonds. The van der Waals surface area contributed by atoms with Crippen LogP contribution in [0.4, 0.5) is 5.82 Å². The van der Waals surface area contributed by atoms with Gasteiger partial charge >= 0.3 is 0 Å². The van der Waals surface area contributed by atoms with Crippen LogP contribution in [0.3, 0.4) is 0 Å². The third kappa shape index (κ3) is 5.51. The molecule has 5 rings (SSSR count). The molecule has 2 aliphatic rings. The van der Waals surface area contributed by atoms with E-state index in [0.29, 0.717) is 44.1 Å². The maximum atomic E-state index is 11.7. The monoisotopic (exact) mass is 499 g/mol. The number of nitriles is 1. The van der Waals surface area contributed by atoms with Gasteiger partial charge in [0.25, 0.3) is 5.91 Å². The number of hydrogen-bond donors (Lipinski definition) is 0. The predicted molar refractivity (Wildman–Crippen MR) is 138 cm³/mol. The molecule has 3 aromatic heterocycles. The van der Waals surface area contributed by atoms with E-state index < -0.39 is 0 Å². The Morgan fingerprint density at radius 1 is 1.14 bits per heavy atom. The van der Waals surface area contributed by atoms with E-state index in [9.17, 15) is 10.1 Å². The lowest BCUT2D eigenvalue weighted by atomic mass is 10.1. The van der Waals surface area contributed by atoms with E-state index in [2.05, 4.69) is 31.9 Å². The van der Waals surface area contributed by atoms with E-state index in [1.165, 1.54) is 0 Å². The van der Waals surface area contributed by atoms with E-state index in [-0.39, 0.29) is 5.91 Å². The smallest absolute Gasteiger partial charge is 0.298 e. The van der Waals surface area contributed by atoms with E-state index in [1.807, 2.05) is 24.4 Å². The maximum absolute atomic E-state index is 11.7. The summed E-state index contributed by atoms with van der Waals surface area (Å²) in [5.74, 6) is 3.43. The fraction of sp³-hybridized carbons (Fsp3) is 0.407. The number of aromatic nitrogens is 3. The molecule has 0 spiro atoms. The first-order valence-electron chi connectivity index (χ1n) is 12.5. The highest BCUT2D eigenvalue weighted by Crippen LogP contribution is 2.31. The van der Waals surface area contributed by atoms with Crippen molar-refractivity contribution in [1.82, 2.24) is 24.4 Å². The summed E-state index contributed by atoms with van der Waals surface area (Å²) in [7, 11) is 0. The van der Waals surface area contributed by atoms with Gasteiger partial charge in [0.2, 0.25) is 0 Å². The number of rotatable bonds is 7. The van der Waals surface area contributed by atoms with E-state index in [1.54, 1.807) is 21.8 Å². The minimum Gasteiger partial charge on any atom is -0.492 e. The molecular formula is C27H29N7O3. The summed E-state index contributed by atoms with van der Waals surface area (Å²) < 4.78 is 13.2. The van der Waals surface area contributed by atoms with Crippen molar-refractivity contribution >= 4 is 17.2 Å². The van der Waals surface area contributed by atoms with Crippen LogP contribution in [-0.4, -0.2) is 95.9 Å². The largest absolute Gasteiger partial charge is 0.492 e. The van der Waals surface area contributed by atoms with Crippen LogP contribution in [0, 0.1) is 23.7 Å². The number of piperazine rings is 1. The Morgan fingerprint density at radius 3 is 2.65 bits per heavy atom. The highest BCUT2D eigenvalue weighted by Gasteiger charge is 2.21. The van der Waals surface area contributed by atoms with Crippen molar-refractivity contribution in [2.24, 2.45) is 0 Å². The zero-order chi connectivity index (χ0) is 25.6. The Labute approximate surface area is 216 Å². The van der Waals surface area contributed by atoms with Crippen LogP contribution >= 0.6 is 0 Å². The highest BCUT2D eigenvalue weighted by molar-refractivity contribution is 5.93. The molecule has 0 bridgehead atoms. The van der Waals surface area contributed by atoms with E-state index in [4.69, 9.17) is 15.9 Å². The zero-order valence-corrected chi connectivity index (χ0v) is 20.7. The molecule has 5 heterocycles. The molecule has 0 aliphatic carbocycles. The van der Waals surface area contributed by atoms with Gasteiger partial charge in [0.05, 0.1) is 43.3 Å². The summed E-state index contributed by atoms with van der Waals surface area (Å²) in [5, 5.41) is 14.0. The van der Waals surface area contributed by atoms with Gasteiger partial charge in [-0.1, -0.05) is 0 Å². The number of terminal acetylenes is 1. The zero-order valence-electron chi connectivity index (χ0n) is 20.7. The Bertz CT molecular complexity index is 1330. The highest BCUT2D eigenvalue weighted by atomic mass is 16.5. The van der Waals surface area contributed by atoms with Crippen LogP contribution in [0.2, 0.25) is 0 Å². The van der Waals surface area contributed by atoms with Crippen molar-refractivity contribution < 1.29 is 14.3 Å². The van der Waals surface area contributed by atoms with Crippen LogP contribution in [0.25, 0.3) is 16.6 Å². The average Bonchev–Trinajstić information content (AvgIpc) is 3.38. The maximum Gasteiger partial charge on any atom is 0.298 e. The lowest BCUT2D eigenvalue weighted by Crippen LogP contribution is -2.48. The van der Waals surface area contributed by atoms with Crippen LogP contribution < -0.4 is 9.64 Å². The summed E-state index contributed by atoms with van der Waals surface area (Å²) in [6.07, 6.45) is 11.3. The van der Waals surface area contributed by atoms with Crippen molar-refractivity contribution in [2.45, 2.75) is 6.42 Å². The van der Waals surface area contributed by atoms with Crippen molar-refractivity contribution in [3.63, 3.8) is 0 Å². The van der Waals surface area contributed by atoms with Crippen LogP contribution in [-0.2, 0) is 9.53 Å². The molecule has 2 saturated heterocycles. The van der Waals surface area contributed by atoms with Gasteiger partial charge in [-0.25, -0.2) is 9.50 Å². The molecule has 0 N–H and O–H groups in total. The number of anilines is 1. The summed E-state index contributed by atoms with van der Waals surface area (Å²) in [6.45, 7) is 7.52. The number of morpholine rings is 1. The van der Waals surface area contributed by atoms with E-state index >= 15 is 0 Å². The van der Waals surface area contributed by atoms with Gasteiger partial charge < -0.3 is 19.3 Å². The molecule has 190 valence electrons. The molecule has 2 aliphatic heterocycles. The molecule has 10 heteroatoms. The molecule has 0 radical (unpaired) electrons. The lowest BCUT2D eigenvalue weighted by Gasteiger charge is -2.34. The predicted octanol–water partition coefficient (Wildman–Crippen LogP) is 1.65. The summed E-state index contributed by atoms with van der Waals surface area (Å²) >= 11 is 0. The molecule has 10 nitrogen and oxygen atoms in total. The van der Waals surface area contributed by atoms with Gasteiger partial charge in [-0.2, -0.15) is 10.4 Å². The minimum absolute atomic E-state index is 0.274. The molecule has 0 aromatic carbocycles. The summed E-state index contributed by atoms with van der Waals surface area (Å²) in [6, 6.07) is 8.14. The van der Waals surface area contributed by atoms with Crippen molar-refractivity contribution in [1.29, 1.82) is 5.26 Å². The van der Waals surface area contributed by atoms with E-state index in [0.717, 1.165) is 61.7 Å². The molecule has 0 unspecified atom stereocenters. The Hall–Kier alpha value is -4.12. The Kier molecular flexibility index (Phi) is 7.50. The average molecular weight is 500 g/mol. The summed E-state index contributed by atoms with van der Waals surface area (Å²) in [4.78, 5) is 22.6. The van der Waals surface area contributed by atoms with Gasteiger partial charge in [-0.3, -0.25) is 9.69 Å². The van der Waals surface area contributed by atoms with Gasteiger partial charge in [-0.05, 0) is 30.5 Å². The van der Waals surface area contributed by atoms with Gasteiger partial charge in [-0.15, -0.1) is 6.42 Å². The van der Waals surface area contributed by atoms with Crippen molar-refractivity contribution in [3.05, 3.63) is 42.4 Å². The number of carbonyl (C=O) groups is 1. The fourth-order valence-electron chi connectivity index (χ4n) is 4.74. The first-order valence-corrected chi connectivity index (χ1v) is 12.5. The second kappa shape index (κ2) is 11.3. The number of fused-ring (bicyclic) bond motifs is 1. The van der Waals surface area contributed by atoms with Crippen LogP contribution in [0.1, 0.15) is 12.0 Å². The Balaban J connectivity index is 1.31. The molecule has 0 atom stereocenters. The van der Waals surface area contributed by atoms with Gasteiger partial charge in [0.15, 0.2) is 0 Å². The first kappa shape index (κ1) is 24.6. The second-order valence-corrected chi connectivity index (χ2v) is 9.04. The quantitative estimate of drug-likeness (QED) is 0.358. The second-order valence-electron chi connectivity index (χ2n) is 9.04. The topological polar surface area (TPSA) is 99.2 Å². The minimum atomic E-state index is -0.274. The third-order valence-electron chi connectivity index (χ3n) is 6.77. The van der Waals surface area contributed by atoms with Crippen LogP contribution in [0.15, 0.2) is 36.8 Å². The molecule has 0 saturated carbocycles. The number of nitrogens with zero attached hydrogens (tertiary/aromatic N) is 7. The Morgan fingerprint density at radius 2 is 1.95 bits per heavy atom. The van der Waals surface area contributed by atoms with Gasteiger partial charge in [0.1, 0.15) is 17.6 Å². The summed E-state index contributed by atoms with van der Waals surface area (Å²) in [5.41, 5.74) is 2.92. The van der Waals surface area contributed by atoms with Crippen LogP contribution in [0.5, 0.6) is 5.75 Å². The number of ether oxygens (including phenoxy) is 2. The fourth-order valence-corrected chi connectivity index (χ4v) is 4.74. The van der Waals surface area contributed by atoms with Crippen molar-refractivity contribution in [3.8, 4) is 35.3 Å². The first-order chi connectivity index (χ1) is 18.2.